The molecule has 1 atom stereocenters. The van der Waals surface area contributed by atoms with Gasteiger partial charge in [-0.2, -0.15) is 5.10 Å². The van der Waals surface area contributed by atoms with Crippen LogP contribution in [0.25, 0.3) is 16.6 Å². The fraction of sp³-hybridized carbons (Fsp3) is 0.192. The maximum atomic E-state index is 14.0. The van der Waals surface area contributed by atoms with Crippen molar-refractivity contribution in [2.75, 3.05) is 5.32 Å². The Bertz CT molecular complexity index is 1640. The van der Waals surface area contributed by atoms with E-state index in [0.29, 0.717) is 25.1 Å². The van der Waals surface area contributed by atoms with E-state index in [4.69, 9.17) is 0 Å². The Morgan fingerprint density at radius 2 is 2.05 bits per heavy atom. The predicted octanol–water partition coefficient (Wildman–Crippen LogP) is 2.86. The van der Waals surface area contributed by atoms with Gasteiger partial charge in [-0.05, 0) is 37.1 Å². The molecular weight excluding hydrogens is 475 g/mol. The number of rotatable bonds is 7. The van der Waals surface area contributed by atoms with Crippen molar-refractivity contribution in [2.45, 2.75) is 32.0 Å². The van der Waals surface area contributed by atoms with Gasteiger partial charge in [-0.3, -0.25) is 19.1 Å². The Hall–Kier alpha value is -4.80. The summed E-state index contributed by atoms with van der Waals surface area (Å²) in [4.78, 5) is 37.9. The molecule has 4 aromatic heterocycles. The summed E-state index contributed by atoms with van der Waals surface area (Å²) in [5, 5.41) is 11.2. The lowest BCUT2D eigenvalue weighted by atomic mass is 10.2. The molecule has 0 unspecified atom stereocenters. The summed E-state index contributed by atoms with van der Waals surface area (Å²) in [6.45, 7) is 0.582. The van der Waals surface area contributed by atoms with E-state index in [1.807, 2.05) is 12.1 Å². The lowest BCUT2D eigenvalue weighted by molar-refractivity contribution is -0.124. The third kappa shape index (κ3) is 4.35. The van der Waals surface area contributed by atoms with Gasteiger partial charge in [-0.1, -0.05) is 12.1 Å². The SMILES string of the molecule is O=C(NCc1cc2cnccc2[nH]1)[C@@H]1CCc2cnc(NCc3cnn(-c4ccccc4F)c3)c(=O)n21. The molecule has 0 saturated heterocycles. The number of carbonyl (C=O) groups excluding carboxylic acids is 1. The van der Waals surface area contributed by atoms with Crippen LogP contribution in [-0.2, 0) is 24.3 Å². The molecule has 0 saturated carbocycles. The molecule has 1 amide bonds. The Kier molecular flexibility index (Phi) is 5.72. The minimum absolute atomic E-state index is 0.144. The second-order valence-electron chi connectivity index (χ2n) is 8.90. The normalized spacial score (nSPS) is 14.6. The van der Waals surface area contributed by atoms with Crippen molar-refractivity contribution in [3.8, 4) is 5.69 Å². The number of anilines is 1. The van der Waals surface area contributed by atoms with E-state index in [1.165, 1.54) is 15.3 Å². The lowest BCUT2D eigenvalue weighted by Crippen LogP contribution is -2.36. The first-order chi connectivity index (χ1) is 18.1. The molecule has 0 fully saturated rings. The number of hydrogen-bond acceptors (Lipinski definition) is 6. The molecule has 1 aliphatic heterocycles. The Balaban J connectivity index is 1.14. The number of H-pyrrole nitrogens is 1. The summed E-state index contributed by atoms with van der Waals surface area (Å²) >= 11 is 0. The van der Waals surface area contributed by atoms with Crippen molar-refractivity contribution in [3.05, 3.63) is 101 Å². The molecule has 0 radical (unpaired) electrons. The number of hydrogen-bond donors (Lipinski definition) is 3. The monoisotopic (exact) mass is 498 g/mol. The molecule has 5 aromatic rings. The van der Waals surface area contributed by atoms with E-state index in [9.17, 15) is 14.0 Å². The van der Waals surface area contributed by atoms with Gasteiger partial charge in [0.2, 0.25) is 5.91 Å². The van der Waals surface area contributed by atoms with Gasteiger partial charge in [0.25, 0.3) is 5.56 Å². The van der Waals surface area contributed by atoms with Gasteiger partial charge >= 0.3 is 0 Å². The fourth-order valence-electron chi connectivity index (χ4n) is 4.65. The summed E-state index contributed by atoms with van der Waals surface area (Å²) < 4.78 is 17.0. The number of nitrogens with zero attached hydrogens (tertiary/aromatic N) is 5. The molecule has 0 aliphatic carbocycles. The predicted molar refractivity (Wildman–Crippen MR) is 135 cm³/mol. The van der Waals surface area contributed by atoms with Crippen LogP contribution in [0.5, 0.6) is 0 Å². The summed E-state index contributed by atoms with van der Waals surface area (Å²) in [5.74, 6) is -0.458. The number of amides is 1. The maximum Gasteiger partial charge on any atom is 0.294 e. The second-order valence-corrected chi connectivity index (χ2v) is 8.90. The number of pyridine rings is 1. The van der Waals surface area contributed by atoms with Crippen molar-refractivity contribution in [1.29, 1.82) is 0 Å². The summed E-state index contributed by atoms with van der Waals surface area (Å²) in [6, 6.07) is 9.56. The van der Waals surface area contributed by atoms with Crippen LogP contribution in [0.1, 0.15) is 29.4 Å². The molecule has 37 heavy (non-hydrogen) atoms. The van der Waals surface area contributed by atoms with Crippen LogP contribution >= 0.6 is 0 Å². The number of aromatic nitrogens is 6. The average molecular weight is 499 g/mol. The average Bonchev–Trinajstić information content (AvgIpc) is 3.65. The number of fused-ring (bicyclic) bond motifs is 2. The second kappa shape index (κ2) is 9.34. The quantitative estimate of drug-likeness (QED) is 0.317. The standard InChI is InChI=1S/C26H23FN8O2/c27-20-3-1-2-4-22(20)34-15-16(11-32-34)10-29-24-26(37)35-19(14-30-24)5-6-23(35)25(36)31-13-18-9-17-12-28-8-7-21(17)33-18/h1-4,7-9,11-12,14-15,23,33H,5-6,10,13H2,(H,29,30)(H,31,36)/t23-/m0/s1. The van der Waals surface area contributed by atoms with Crippen LogP contribution in [0.2, 0.25) is 0 Å². The highest BCUT2D eigenvalue weighted by Crippen LogP contribution is 2.24. The largest absolute Gasteiger partial charge is 0.361 e. The van der Waals surface area contributed by atoms with E-state index in [2.05, 4.69) is 30.7 Å². The molecule has 1 aliphatic rings. The number of benzene rings is 1. The molecule has 0 spiro atoms. The molecule has 3 N–H and O–H groups in total. The van der Waals surface area contributed by atoms with Gasteiger partial charge in [0.15, 0.2) is 5.82 Å². The first kappa shape index (κ1) is 22.7. The zero-order valence-electron chi connectivity index (χ0n) is 19.7. The van der Waals surface area contributed by atoms with Crippen LogP contribution in [0, 0.1) is 5.82 Å². The molecule has 10 nitrogen and oxygen atoms in total. The Labute approximate surface area is 210 Å². The highest BCUT2D eigenvalue weighted by molar-refractivity contribution is 5.82. The highest BCUT2D eigenvalue weighted by atomic mass is 19.1. The zero-order chi connectivity index (χ0) is 25.4. The third-order valence-corrected chi connectivity index (χ3v) is 6.49. The van der Waals surface area contributed by atoms with Crippen LogP contribution in [-0.4, -0.2) is 35.2 Å². The molecule has 186 valence electrons. The van der Waals surface area contributed by atoms with Crippen LogP contribution in [0.15, 0.2) is 72.2 Å². The third-order valence-electron chi connectivity index (χ3n) is 6.49. The van der Waals surface area contributed by atoms with Gasteiger partial charge < -0.3 is 15.6 Å². The van der Waals surface area contributed by atoms with Crippen LogP contribution in [0.4, 0.5) is 10.2 Å². The minimum Gasteiger partial charge on any atom is -0.361 e. The first-order valence-corrected chi connectivity index (χ1v) is 11.9. The van der Waals surface area contributed by atoms with Crippen molar-refractivity contribution < 1.29 is 9.18 Å². The van der Waals surface area contributed by atoms with Crippen LogP contribution in [0.3, 0.4) is 0 Å². The summed E-state index contributed by atoms with van der Waals surface area (Å²) in [6.07, 6.45) is 9.50. The molecule has 6 rings (SSSR count). The van der Waals surface area contributed by atoms with Crippen LogP contribution < -0.4 is 16.2 Å². The fourth-order valence-corrected chi connectivity index (χ4v) is 4.65. The number of carbonyl (C=O) groups is 1. The van der Waals surface area contributed by atoms with Gasteiger partial charge in [-0.25, -0.2) is 14.1 Å². The van der Waals surface area contributed by atoms with E-state index >= 15 is 0 Å². The van der Waals surface area contributed by atoms with E-state index < -0.39 is 6.04 Å². The number of halogens is 1. The Morgan fingerprint density at radius 3 is 2.92 bits per heavy atom. The van der Waals surface area contributed by atoms with Crippen molar-refractivity contribution in [2.24, 2.45) is 0 Å². The lowest BCUT2D eigenvalue weighted by Gasteiger charge is -2.15. The minimum atomic E-state index is -0.610. The number of para-hydroxylation sites is 1. The van der Waals surface area contributed by atoms with Gasteiger partial charge in [0.1, 0.15) is 17.5 Å². The maximum absolute atomic E-state index is 14.0. The zero-order valence-corrected chi connectivity index (χ0v) is 19.7. The van der Waals surface area contributed by atoms with E-state index in [0.717, 1.165) is 27.9 Å². The van der Waals surface area contributed by atoms with Crippen molar-refractivity contribution in [3.63, 3.8) is 0 Å². The Morgan fingerprint density at radius 1 is 1.16 bits per heavy atom. The summed E-state index contributed by atoms with van der Waals surface area (Å²) in [7, 11) is 0. The summed E-state index contributed by atoms with van der Waals surface area (Å²) in [5.41, 5.74) is 3.26. The smallest absolute Gasteiger partial charge is 0.294 e. The number of aromatic amines is 1. The van der Waals surface area contributed by atoms with Crippen molar-refractivity contribution in [1.82, 2.24) is 34.6 Å². The highest BCUT2D eigenvalue weighted by Gasteiger charge is 2.30. The van der Waals surface area contributed by atoms with Gasteiger partial charge in [0.05, 0.1) is 12.7 Å². The van der Waals surface area contributed by atoms with Gasteiger partial charge in [-0.15, -0.1) is 0 Å². The molecule has 1 aromatic carbocycles. The molecule has 5 heterocycles. The van der Waals surface area contributed by atoms with E-state index in [-0.39, 0.29) is 29.6 Å². The topological polar surface area (TPSA) is 123 Å². The molecular formula is C26H23FN8O2. The number of aryl methyl sites for hydroxylation is 1. The molecule has 11 heteroatoms. The van der Waals surface area contributed by atoms with E-state index in [1.54, 1.807) is 49.2 Å². The molecule has 0 bridgehead atoms. The van der Waals surface area contributed by atoms with Gasteiger partial charge in [0, 0.05) is 59.2 Å². The number of nitrogens with one attached hydrogen (secondary N) is 3. The first-order valence-electron chi connectivity index (χ1n) is 11.9. The van der Waals surface area contributed by atoms with Crippen molar-refractivity contribution >= 4 is 22.6 Å².